The van der Waals surface area contributed by atoms with Gasteiger partial charge in [-0.05, 0) is 34.1 Å². The largest absolute Gasteiger partial charge is 0.459 e. The van der Waals surface area contributed by atoms with Gasteiger partial charge in [0.15, 0.2) is 10.9 Å². The van der Waals surface area contributed by atoms with E-state index in [0.29, 0.717) is 30.2 Å². The van der Waals surface area contributed by atoms with Crippen molar-refractivity contribution in [2.24, 2.45) is 0 Å². The van der Waals surface area contributed by atoms with Gasteiger partial charge in [-0.1, -0.05) is 11.3 Å². The number of anilines is 1. The Morgan fingerprint density at radius 1 is 1.35 bits per heavy atom. The van der Waals surface area contributed by atoms with E-state index < -0.39 is 0 Å². The molecule has 2 amide bonds. The van der Waals surface area contributed by atoms with Gasteiger partial charge in [-0.25, -0.2) is 4.98 Å². The van der Waals surface area contributed by atoms with Crippen molar-refractivity contribution in [3.05, 3.63) is 63.2 Å². The fourth-order valence-electron chi connectivity index (χ4n) is 2.70. The SMILES string of the molecule is O=C(Nc1nc2c(s1)CN(C(=O)c1cncc(Br)c1)CC2)c1ccco1. The molecule has 4 heterocycles. The van der Waals surface area contributed by atoms with Crippen LogP contribution < -0.4 is 5.32 Å². The molecule has 0 saturated carbocycles. The number of carbonyl (C=O) groups is 2. The maximum atomic E-state index is 12.7. The summed E-state index contributed by atoms with van der Waals surface area (Å²) in [5.74, 6) is -0.176. The van der Waals surface area contributed by atoms with E-state index in [1.165, 1.54) is 17.6 Å². The number of thiazole rings is 1. The molecule has 0 radical (unpaired) electrons. The second-order valence-electron chi connectivity index (χ2n) is 5.69. The number of halogens is 1. The first kappa shape index (κ1) is 16.9. The molecule has 0 unspecified atom stereocenters. The lowest BCUT2D eigenvalue weighted by Gasteiger charge is -2.26. The first-order valence-corrected chi connectivity index (χ1v) is 9.44. The Morgan fingerprint density at radius 3 is 3.00 bits per heavy atom. The van der Waals surface area contributed by atoms with Crippen molar-refractivity contribution >= 4 is 44.2 Å². The molecular weight excluding hydrogens is 420 g/mol. The van der Waals surface area contributed by atoms with Crippen molar-refractivity contribution in [2.45, 2.75) is 13.0 Å². The lowest BCUT2D eigenvalue weighted by Crippen LogP contribution is -2.35. The average Bonchev–Trinajstić information content (AvgIpc) is 3.29. The van der Waals surface area contributed by atoms with Crippen LogP contribution in [0.2, 0.25) is 0 Å². The van der Waals surface area contributed by atoms with Crippen molar-refractivity contribution in [2.75, 3.05) is 11.9 Å². The fourth-order valence-corrected chi connectivity index (χ4v) is 4.08. The van der Waals surface area contributed by atoms with E-state index >= 15 is 0 Å². The van der Waals surface area contributed by atoms with Crippen molar-refractivity contribution in [1.82, 2.24) is 14.9 Å². The molecule has 1 aliphatic rings. The van der Waals surface area contributed by atoms with Crippen LogP contribution in [0.15, 0.2) is 45.7 Å². The zero-order valence-corrected chi connectivity index (χ0v) is 15.8. The number of nitrogens with one attached hydrogen (secondary N) is 1. The zero-order chi connectivity index (χ0) is 18.1. The average molecular weight is 433 g/mol. The normalized spacial score (nSPS) is 13.3. The highest BCUT2D eigenvalue weighted by molar-refractivity contribution is 9.10. The van der Waals surface area contributed by atoms with Crippen LogP contribution in [0.1, 0.15) is 31.5 Å². The van der Waals surface area contributed by atoms with Crippen LogP contribution in [0, 0.1) is 0 Å². The molecule has 0 saturated heterocycles. The predicted octanol–water partition coefficient (Wildman–Crippen LogP) is 3.34. The molecular formula is C17H13BrN4O3S. The number of hydrogen-bond acceptors (Lipinski definition) is 6. The zero-order valence-electron chi connectivity index (χ0n) is 13.4. The highest BCUT2D eigenvalue weighted by Crippen LogP contribution is 2.29. The second-order valence-corrected chi connectivity index (χ2v) is 7.69. The molecule has 3 aromatic rings. The van der Waals surface area contributed by atoms with E-state index in [4.69, 9.17) is 4.42 Å². The number of rotatable bonds is 3. The first-order valence-electron chi connectivity index (χ1n) is 7.83. The molecule has 3 aromatic heterocycles. The summed E-state index contributed by atoms with van der Waals surface area (Å²) < 4.78 is 5.84. The predicted molar refractivity (Wildman–Crippen MR) is 99.2 cm³/mol. The number of hydrogen-bond donors (Lipinski definition) is 1. The van der Waals surface area contributed by atoms with Crippen molar-refractivity contribution in [3.8, 4) is 0 Å². The van der Waals surface area contributed by atoms with Crippen molar-refractivity contribution in [3.63, 3.8) is 0 Å². The standard InChI is InChI=1S/C17H13BrN4O3S/c18-11-6-10(7-19-8-11)16(24)22-4-3-12-14(9-22)26-17(20-12)21-15(23)13-2-1-5-25-13/h1-2,5-8H,3-4,9H2,(H,20,21,23). The Morgan fingerprint density at radius 2 is 2.23 bits per heavy atom. The Balaban J connectivity index is 1.48. The van der Waals surface area contributed by atoms with E-state index in [0.717, 1.165) is 15.0 Å². The Bertz CT molecular complexity index is 970. The highest BCUT2D eigenvalue weighted by atomic mass is 79.9. The molecule has 7 nitrogen and oxygen atoms in total. The van der Waals surface area contributed by atoms with Crippen LogP contribution in [0.25, 0.3) is 0 Å². The molecule has 0 aromatic carbocycles. The van der Waals surface area contributed by atoms with Crippen LogP contribution in [0.5, 0.6) is 0 Å². The topological polar surface area (TPSA) is 88.3 Å². The summed E-state index contributed by atoms with van der Waals surface area (Å²) in [6, 6.07) is 5.00. The number of pyridine rings is 1. The van der Waals surface area contributed by atoms with Gasteiger partial charge >= 0.3 is 0 Å². The van der Waals surface area contributed by atoms with Crippen LogP contribution in [0.4, 0.5) is 5.13 Å². The molecule has 0 spiro atoms. The summed E-state index contributed by atoms with van der Waals surface area (Å²) in [6.45, 7) is 1.04. The van der Waals surface area contributed by atoms with Gasteiger partial charge in [-0.2, -0.15) is 0 Å². The minimum Gasteiger partial charge on any atom is -0.459 e. The summed E-state index contributed by atoms with van der Waals surface area (Å²) in [5.41, 5.74) is 1.46. The lowest BCUT2D eigenvalue weighted by atomic mass is 10.1. The molecule has 1 aliphatic heterocycles. The van der Waals surface area contributed by atoms with Gasteiger partial charge in [0.1, 0.15) is 0 Å². The Kier molecular flexibility index (Phi) is 4.56. The maximum absolute atomic E-state index is 12.7. The van der Waals surface area contributed by atoms with E-state index in [2.05, 4.69) is 31.2 Å². The number of aromatic nitrogens is 2. The van der Waals surface area contributed by atoms with Gasteiger partial charge in [0, 0.05) is 34.7 Å². The Labute approximate surface area is 161 Å². The molecule has 4 rings (SSSR count). The third-order valence-corrected chi connectivity index (χ3v) is 5.37. The highest BCUT2D eigenvalue weighted by Gasteiger charge is 2.26. The summed E-state index contributed by atoms with van der Waals surface area (Å²) in [5, 5.41) is 3.25. The smallest absolute Gasteiger partial charge is 0.293 e. The van der Waals surface area contributed by atoms with Crippen LogP contribution in [0.3, 0.4) is 0 Å². The number of nitrogens with zero attached hydrogens (tertiary/aromatic N) is 3. The number of carbonyl (C=O) groups excluding carboxylic acids is 2. The second kappa shape index (κ2) is 7.00. The molecule has 0 atom stereocenters. The number of amides is 2. The Hall–Kier alpha value is -2.52. The third kappa shape index (κ3) is 3.40. The quantitative estimate of drug-likeness (QED) is 0.685. The molecule has 0 bridgehead atoms. The third-order valence-electron chi connectivity index (χ3n) is 3.94. The van der Waals surface area contributed by atoms with Gasteiger partial charge in [-0.3, -0.25) is 19.9 Å². The lowest BCUT2D eigenvalue weighted by molar-refractivity contribution is 0.0735. The van der Waals surface area contributed by atoms with Gasteiger partial charge < -0.3 is 9.32 Å². The molecule has 132 valence electrons. The summed E-state index contributed by atoms with van der Waals surface area (Å²) in [7, 11) is 0. The molecule has 1 N–H and O–H groups in total. The number of fused-ring (bicyclic) bond motifs is 1. The molecule has 0 aliphatic carbocycles. The van der Waals surface area contributed by atoms with E-state index in [1.807, 2.05) is 0 Å². The maximum Gasteiger partial charge on any atom is 0.293 e. The van der Waals surface area contributed by atoms with Gasteiger partial charge in [-0.15, -0.1) is 0 Å². The minimum atomic E-state index is -0.339. The summed E-state index contributed by atoms with van der Waals surface area (Å²) >= 11 is 4.71. The summed E-state index contributed by atoms with van der Waals surface area (Å²) in [6.07, 6.45) is 5.30. The molecule has 9 heteroatoms. The van der Waals surface area contributed by atoms with Gasteiger partial charge in [0.05, 0.1) is 24.1 Å². The monoisotopic (exact) mass is 432 g/mol. The summed E-state index contributed by atoms with van der Waals surface area (Å²) in [4.78, 5) is 36.0. The van der Waals surface area contributed by atoms with Crippen LogP contribution >= 0.6 is 27.3 Å². The molecule has 0 fully saturated rings. The van der Waals surface area contributed by atoms with Crippen molar-refractivity contribution < 1.29 is 14.0 Å². The van der Waals surface area contributed by atoms with E-state index in [9.17, 15) is 9.59 Å². The van der Waals surface area contributed by atoms with Crippen LogP contribution in [-0.4, -0.2) is 33.2 Å². The number of furan rings is 1. The van der Waals surface area contributed by atoms with Crippen LogP contribution in [-0.2, 0) is 13.0 Å². The fraction of sp³-hybridized carbons (Fsp3) is 0.176. The first-order chi connectivity index (χ1) is 12.6. The van der Waals surface area contributed by atoms with Gasteiger partial charge in [0.25, 0.3) is 11.8 Å². The molecule has 26 heavy (non-hydrogen) atoms. The minimum absolute atomic E-state index is 0.0704. The van der Waals surface area contributed by atoms with Gasteiger partial charge in [0.2, 0.25) is 0 Å². The van der Waals surface area contributed by atoms with E-state index in [-0.39, 0.29) is 17.6 Å². The van der Waals surface area contributed by atoms with E-state index in [1.54, 1.807) is 35.5 Å². The van der Waals surface area contributed by atoms with Crippen molar-refractivity contribution in [1.29, 1.82) is 0 Å².